The summed E-state index contributed by atoms with van der Waals surface area (Å²) in [5, 5.41) is 8.94. The highest BCUT2D eigenvalue weighted by Crippen LogP contribution is 2.29. The maximum atomic E-state index is 12.0. The first kappa shape index (κ1) is 15.6. The molecular weight excluding hydrogens is 263 g/mol. The first-order valence-corrected chi connectivity index (χ1v) is 7.01. The number of nitrogens with zero attached hydrogens (tertiary/aromatic N) is 3. The summed E-state index contributed by atoms with van der Waals surface area (Å²) in [7, 11) is 0. The average Bonchev–Trinajstić information content (AvgIpc) is 2.31. The molecule has 0 aromatic rings. The van der Waals surface area contributed by atoms with Gasteiger partial charge in [-0.3, -0.25) is 9.80 Å². The Morgan fingerprint density at radius 1 is 1.28 bits per heavy atom. The van der Waals surface area contributed by atoms with E-state index in [-0.39, 0.29) is 23.6 Å². The van der Waals surface area contributed by atoms with Crippen LogP contribution in [0.3, 0.4) is 0 Å². The van der Waals surface area contributed by atoms with Crippen molar-refractivity contribution in [2.75, 3.05) is 38.5 Å². The molecular formula is C11H18F3N3S. The molecule has 0 amide bonds. The van der Waals surface area contributed by atoms with Crippen LogP contribution in [-0.4, -0.2) is 59.8 Å². The predicted octanol–water partition coefficient (Wildman–Crippen LogP) is 2.16. The smallest absolute Gasteiger partial charge is 0.300 e. The van der Waals surface area contributed by atoms with E-state index < -0.39 is 5.51 Å². The summed E-state index contributed by atoms with van der Waals surface area (Å²) in [6, 6.07) is 2.20. The van der Waals surface area contributed by atoms with Crippen LogP contribution in [0.2, 0.25) is 0 Å². The maximum Gasteiger partial charge on any atom is 0.441 e. The van der Waals surface area contributed by atoms with Crippen LogP contribution in [-0.2, 0) is 0 Å². The lowest BCUT2D eigenvalue weighted by atomic mass is 10.2. The highest BCUT2D eigenvalue weighted by molar-refractivity contribution is 8.00. The van der Waals surface area contributed by atoms with Gasteiger partial charge in [0.1, 0.15) is 0 Å². The summed E-state index contributed by atoms with van der Waals surface area (Å²) >= 11 is 0.0357. The molecule has 18 heavy (non-hydrogen) atoms. The molecule has 0 radical (unpaired) electrons. The summed E-state index contributed by atoms with van der Waals surface area (Å²) in [6.45, 7) is 5.46. The van der Waals surface area contributed by atoms with Crippen LogP contribution in [0.4, 0.5) is 13.2 Å². The number of piperazine rings is 1. The standard InChI is InChI=1S/C11H18F3N3S/c1-2-10(9-15)17-5-3-16(4-6-17)7-8-18-11(12,13)14/h10H,2-8H2,1H3. The number of hydrogen-bond donors (Lipinski definition) is 0. The minimum Gasteiger partial charge on any atom is -0.300 e. The summed E-state index contributed by atoms with van der Waals surface area (Å²) in [4.78, 5) is 4.13. The van der Waals surface area contributed by atoms with Crippen LogP contribution in [0.5, 0.6) is 0 Å². The van der Waals surface area contributed by atoms with E-state index >= 15 is 0 Å². The van der Waals surface area contributed by atoms with Crippen LogP contribution in [0.25, 0.3) is 0 Å². The van der Waals surface area contributed by atoms with Gasteiger partial charge in [-0.25, -0.2) is 0 Å². The second kappa shape index (κ2) is 7.22. The van der Waals surface area contributed by atoms with E-state index in [4.69, 9.17) is 5.26 Å². The molecule has 0 bridgehead atoms. The number of alkyl halides is 3. The fourth-order valence-electron chi connectivity index (χ4n) is 2.02. The Morgan fingerprint density at radius 2 is 1.89 bits per heavy atom. The first-order valence-electron chi connectivity index (χ1n) is 6.03. The van der Waals surface area contributed by atoms with Crippen molar-refractivity contribution in [2.24, 2.45) is 0 Å². The normalized spacial score (nSPS) is 20.6. The van der Waals surface area contributed by atoms with Crippen LogP contribution in [0.15, 0.2) is 0 Å². The molecule has 104 valence electrons. The monoisotopic (exact) mass is 281 g/mol. The quantitative estimate of drug-likeness (QED) is 0.772. The molecule has 1 atom stereocenters. The van der Waals surface area contributed by atoms with Crippen molar-refractivity contribution in [1.82, 2.24) is 9.80 Å². The van der Waals surface area contributed by atoms with Crippen molar-refractivity contribution < 1.29 is 13.2 Å². The zero-order valence-electron chi connectivity index (χ0n) is 10.4. The summed E-state index contributed by atoms with van der Waals surface area (Å²) in [6.07, 6.45) is 0.792. The number of hydrogen-bond acceptors (Lipinski definition) is 4. The van der Waals surface area contributed by atoms with Gasteiger partial charge in [-0.15, -0.1) is 0 Å². The number of nitriles is 1. The molecule has 0 aromatic heterocycles. The van der Waals surface area contributed by atoms with Crippen LogP contribution in [0.1, 0.15) is 13.3 Å². The summed E-state index contributed by atoms with van der Waals surface area (Å²) in [5.41, 5.74) is -4.13. The zero-order valence-corrected chi connectivity index (χ0v) is 11.2. The van der Waals surface area contributed by atoms with Gasteiger partial charge in [-0.05, 0) is 18.2 Å². The van der Waals surface area contributed by atoms with E-state index in [0.29, 0.717) is 6.54 Å². The lowest BCUT2D eigenvalue weighted by Crippen LogP contribution is -2.50. The van der Waals surface area contributed by atoms with Gasteiger partial charge >= 0.3 is 5.51 Å². The first-order chi connectivity index (χ1) is 8.46. The third-order valence-corrected chi connectivity index (χ3v) is 3.77. The van der Waals surface area contributed by atoms with Gasteiger partial charge in [0.05, 0.1) is 12.1 Å². The van der Waals surface area contributed by atoms with E-state index in [1.165, 1.54) is 0 Å². The highest BCUT2D eigenvalue weighted by atomic mass is 32.2. The Labute approximate surface area is 110 Å². The summed E-state index contributed by atoms with van der Waals surface area (Å²) in [5.74, 6) is 0.0823. The molecule has 1 saturated heterocycles. The zero-order chi connectivity index (χ0) is 13.6. The Hall–Kier alpha value is -0.450. The van der Waals surface area contributed by atoms with E-state index in [0.717, 1.165) is 32.6 Å². The summed E-state index contributed by atoms with van der Waals surface area (Å²) < 4.78 is 35.9. The second-order valence-electron chi connectivity index (χ2n) is 4.22. The van der Waals surface area contributed by atoms with Gasteiger partial charge in [-0.1, -0.05) is 6.92 Å². The Kier molecular flexibility index (Phi) is 6.26. The van der Waals surface area contributed by atoms with E-state index in [2.05, 4.69) is 11.0 Å². The molecule has 1 aliphatic heterocycles. The molecule has 7 heteroatoms. The molecule has 0 saturated carbocycles. The third kappa shape index (κ3) is 5.46. The van der Waals surface area contributed by atoms with E-state index in [9.17, 15) is 13.2 Å². The van der Waals surface area contributed by atoms with Crippen molar-refractivity contribution >= 4 is 11.8 Å². The predicted molar refractivity (Wildman–Crippen MR) is 66.2 cm³/mol. The molecule has 1 fully saturated rings. The third-order valence-electron chi connectivity index (χ3n) is 3.06. The maximum absolute atomic E-state index is 12.0. The van der Waals surface area contributed by atoms with Gasteiger partial charge in [0.15, 0.2) is 0 Å². The van der Waals surface area contributed by atoms with Gasteiger partial charge in [-0.2, -0.15) is 18.4 Å². The molecule has 1 heterocycles. The van der Waals surface area contributed by atoms with Crippen molar-refractivity contribution in [2.45, 2.75) is 24.9 Å². The van der Waals surface area contributed by atoms with Crippen molar-refractivity contribution in [3.8, 4) is 6.07 Å². The molecule has 1 unspecified atom stereocenters. The minimum absolute atomic E-state index is 0.0357. The highest BCUT2D eigenvalue weighted by Gasteiger charge is 2.28. The Balaban J connectivity index is 2.22. The fraction of sp³-hybridized carbons (Fsp3) is 0.909. The molecule has 0 aliphatic carbocycles. The van der Waals surface area contributed by atoms with Crippen LogP contribution in [0, 0.1) is 11.3 Å². The number of halogens is 3. The fourth-order valence-corrected chi connectivity index (χ4v) is 2.60. The van der Waals surface area contributed by atoms with E-state index in [1.54, 1.807) is 0 Å². The Bertz CT molecular complexity index is 282. The number of thioether (sulfide) groups is 1. The van der Waals surface area contributed by atoms with Gasteiger partial charge in [0.25, 0.3) is 0 Å². The van der Waals surface area contributed by atoms with Crippen molar-refractivity contribution in [3.63, 3.8) is 0 Å². The number of rotatable bonds is 5. The molecule has 1 rings (SSSR count). The second-order valence-corrected chi connectivity index (χ2v) is 5.38. The molecule has 1 aliphatic rings. The Morgan fingerprint density at radius 3 is 2.33 bits per heavy atom. The molecule has 0 N–H and O–H groups in total. The van der Waals surface area contributed by atoms with Gasteiger partial charge < -0.3 is 0 Å². The van der Waals surface area contributed by atoms with Crippen molar-refractivity contribution in [3.05, 3.63) is 0 Å². The molecule has 0 aromatic carbocycles. The lowest BCUT2D eigenvalue weighted by Gasteiger charge is -2.36. The van der Waals surface area contributed by atoms with Gasteiger partial charge in [0, 0.05) is 38.5 Å². The minimum atomic E-state index is -4.13. The SMILES string of the molecule is CCC(C#N)N1CCN(CCSC(F)(F)F)CC1. The van der Waals surface area contributed by atoms with E-state index in [1.807, 2.05) is 11.8 Å². The van der Waals surface area contributed by atoms with Crippen LogP contribution >= 0.6 is 11.8 Å². The lowest BCUT2D eigenvalue weighted by molar-refractivity contribution is -0.0329. The van der Waals surface area contributed by atoms with Crippen molar-refractivity contribution in [1.29, 1.82) is 5.26 Å². The largest absolute Gasteiger partial charge is 0.441 e. The molecule has 0 spiro atoms. The van der Waals surface area contributed by atoms with Crippen LogP contribution < -0.4 is 0 Å². The topological polar surface area (TPSA) is 30.3 Å². The van der Waals surface area contributed by atoms with Gasteiger partial charge in [0.2, 0.25) is 0 Å². The average molecular weight is 281 g/mol. The molecule has 3 nitrogen and oxygen atoms in total.